The van der Waals surface area contributed by atoms with Crippen molar-refractivity contribution in [1.29, 1.82) is 0 Å². The second kappa shape index (κ2) is 6.05. The van der Waals surface area contributed by atoms with Crippen LogP contribution in [0.1, 0.15) is 16.7 Å². The third-order valence-corrected chi connectivity index (χ3v) is 2.91. The minimum atomic E-state index is -0.837. The highest BCUT2D eigenvalue weighted by atomic mass is 16.5. The van der Waals surface area contributed by atoms with Crippen LogP contribution in [0.3, 0.4) is 0 Å². The van der Waals surface area contributed by atoms with Gasteiger partial charge in [-0.1, -0.05) is 36.4 Å². The molecule has 0 atom stereocenters. The van der Waals surface area contributed by atoms with E-state index < -0.39 is 5.97 Å². The van der Waals surface area contributed by atoms with Gasteiger partial charge in [-0.2, -0.15) is 0 Å². The maximum atomic E-state index is 10.7. The monoisotopic (exact) mass is 256 g/mol. The average molecular weight is 256 g/mol. The van der Waals surface area contributed by atoms with Crippen LogP contribution < -0.4 is 4.74 Å². The van der Waals surface area contributed by atoms with E-state index in [0.717, 1.165) is 11.1 Å². The van der Waals surface area contributed by atoms with Gasteiger partial charge in [0, 0.05) is 0 Å². The second-order valence-electron chi connectivity index (χ2n) is 4.43. The van der Waals surface area contributed by atoms with Crippen LogP contribution >= 0.6 is 0 Å². The predicted octanol–water partition coefficient (Wildman–Crippen LogP) is 3.20. The lowest BCUT2D eigenvalue weighted by atomic mass is 10.1. The van der Waals surface area contributed by atoms with Gasteiger partial charge in [-0.25, -0.2) is 0 Å². The van der Waals surface area contributed by atoms with Gasteiger partial charge in [0.1, 0.15) is 12.4 Å². The molecule has 0 spiro atoms. The van der Waals surface area contributed by atoms with Crippen molar-refractivity contribution in [2.45, 2.75) is 20.0 Å². The number of hydrogen-bond donors (Lipinski definition) is 1. The molecular formula is C16H16O3. The fourth-order valence-electron chi connectivity index (χ4n) is 1.85. The summed E-state index contributed by atoms with van der Waals surface area (Å²) >= 11 is 0. The highest BCUT2D eigenvalue weighted by molar-refractivity contribution is 5.70. The molecule has 2 rings (SSSR count). The van der Waals surface area contributed by atoms with E-state index in [1.165, 1.54) is 5.56 Å². The van der Waals surface area contributed by atoms with E-state index in [0.29, 0.717) is 12.4 Å². The standard InChI is InChI=1S/C16H16O3/c1-12-5-2-3-7-14(12)11-19-15-8-4-6-13(9-15)10-16(17)18/h2-9H,10-11H2,1H3,(H,17,18). The highest BCUT2D eigenvalue weighted by Crippen LogP contribution is 2.16. The van der Waals surface area contributed by atoms with E-state index in [9.17, 15) is 4.79 Å². The van der Waals surface area contributed by atoms with Gasteiger partial charge in [-0.05, 0) is 35.7 Å². The number of carboxylic acid groups (broad SMARTS) is 1. The summed E-state index contributed by atoms with van der Waals surface area (Å²) in [5.74, 6) is -0.141. The van der Waals surface area contributed by atoms with Gasteiger partial charge < -0.3 is 9.84 Å². The molecule has 0 aromatic heterocycles. The van der Waals surface area contributed by atoms with Crippen molar-refractivity contribution >= 4 is 5.97 Å². The van der Waals surface area contributed by atoms with Crippen LogP contribution in [0.5, 0.6) is 5.75 Å². The molecule has 0 bridgehead atoms. The van der Waals surface area contributed by atoms with Crippen molar-refractivity contribution in [1.82, 2.24) is 0 Å². The Morgan fingerprint density at radius 1 is 1.16 bits per heavy atom. The number of rotatable bonds is 5. The maximum absolute atomic E-state index is 10.7. The molecule has 3 nitrogen and oxygen atoms in total. The van der Waals surface area contributed by atoms with Crippen LogP contribution in [0.4, 0.5) is 0 Å². The molecule has 0 aliphatic heterocycles. The van der Waals surface area contributed by atoms with E-state index in [2.05, 4.69) is 0 Å². The Balaban J connectivity index is 2.03. The number of aliphatic carboxylic acids is 1. The molecule has 3 heteroatoms. The molecule has 0 aliphatic rings. The van der Waals surface area contributed by atoms with Crippen LogP contribution in [0.15, 0.2) is 48.5 Å². The first-order chi connectivity index (χ1) is 9.15. The summed E-state index contributed by atoms with van der Waals surface area (Å²) in [5, 5.41) is 8.76. The Labute approximate surface area is 112 Å². The Bertz CT molecular complexity index is 576. The van der Waals surface area contributed by atoms with Gasteiger partial charge in [0.05, 0.1) is 6.42 Å². The zero-order valence-electron chi connectivity index (χ0n) is 10.8. The minimum absolute atomic E-state index is 0.0154. The lowest BCUT2D eigenvalue weighted by Gasteiger charge is -2.09. The van der Waals surface area contributed by atoms with Gasteiger partial charge >= 0.3 is 5.97 Å². The van der Waals surface area contributed by atoms with E-state index in [1.807, 2.05) is 43.3 Å². The average Bonchev–Trinajstić information content (AvgIpc) is 2.37. The van der Waals surface area contributed by atoms with Gasteiger partial charge in [0.2, 0.25) is 0 Å². The molecule has 0 aliphatic carbocycles. The SMILES string of the molecule is Cc1ccccc1COc1cccc(CC(=O)O)c1. The largest absolute Gasteiger partial charge is 0.489 e. The number of ether oxygens (including phenoxy) is 1. The minimum Gasteiger partial charge on any atom is -0.489 e. The quantitative estimate of drug-likeness (QED) is 0.893. The molecule has 2 aromatic rings. The number of carbonyl (C=O) groups is 1. The fraction of sp³-hybridized carbons (Fsp3) is 0.188. The molecule has 1 N–H and O–H groups in total. The van der Waals surface area contributed by atoms with Crippen LogP contribution in [-0.2, 0) is 17.8 Å². The maximum Gasteiger partial charge on any atom is 0.307 e. The van der Waals surface area contributed by atoms with Crippen LogP contribution in [0, 0.1) is 6.92 Å². The zero-order chi connectivity index (χ0) is 13.7. The summed E-state index contributed by atoms with van der Waals surface area (Å²) in [6.07, 6.45) is 0.0154. The van der Waals surface area contributed by atoms with Crippen molar-refractivity contribution in [3.63, 3.8) is 0 Å². The number of carboxylic acids is 1. The topological polar surface area (TPSA) is 46.5 Å². The van der Waals surface area contributed by atoms with E-state index >= 15 is 0 Å². The number of benzene rings is 2. The summed E-state index contributed by atoms with van der Waals surface area (Å²) in [4.78, 5) is 10.7. The summed E-state index contributed by atoms with van der Waals surface area (Å²) in [6.45, 7) is 2.53. The second-order valence-corrected chi connectivity index (χ2v) is 4.43. The smallest absolute Gasteiger partial charge is 0.307 e. The summed E-state index contributed by atoms with van der Waals surface area (Å²) in [7, 11) is 0. The van der Waals surface area contributed by atoms with Crippen LogP contribution in [-0.4, -0.2) is 11.1 Å². The molecule has 0 fully saturated rings. The zero-order valence-corrected chi connectivity index (χ0v) is 10.8. The lowest BCUT2D eigenvalue weighted by Crippen LogP contribution is -2.01. The van der Waals surface area contributed by atoms with Crippen molar-refractivity contribution in [2.24, 2.45) is 0 Å². The summed E-state index contributed by atoms with van der Waals surface area (Å²) in [5.41, 5.74) is 3.06. The van der Waals surface area contributed by atoms with Crippen LogP contribution in [0.2, 0.25) is 0 Å². The molecule has 0 radical (unpaired) electrons. The molecule has 0 heterocycles. The Kier molecular flexibility index (Phi) is 4.18. The molecular weight excluding hydrogens is 240 g/mol. The Morgan fingerprint density at radius 3 is 2.68 bits per heavy atom. The Morgan fingerprint density at radius 2 is 1.95 bits per heavy atom. The van der Waals surface area contributed by atoms with Gasteiger partial charge in [0.25, 0.3) is 0 Å². The first kappa shape index (κ1) is 13.1. The van der Waals surface area contributed by atoms with Crippen molar-refractivity contribution in [3.8, 4) is 5.75 Å². The highest BCUT2D eigenvalue weighted by Gasteiger charge is 2.03. The molecule has 19 heavy (non-hydrogen) atoms. The summed E-state index contributed by atoms with van der Waals surface area (Å²) < 4.78 is 5.70. The molecule has 0 amide bonds. The van der Waals surface area contributed by atoms with Gasteiger partial charge in [-0.3, -0.25) is 4.79 Å². The van der Waals surface area contributed by atoms with Gasteiger partial charge in [0.15, 0.2) is 0 Å². The van der Waals surface area contributed by atoms with Crippen molar-refractivity contribution in [2.75, 3.05) is 0 Å². The van der Waals surface area contributed by atoms with E-state index in [4.69, 9.17) is 9.84 Å². The summed E-state index contributed by atoms with van der Waals surface area (Å²) in [6, 6.07) is 15.2. The predicted molar refractivity (Wildman–Crippen MR) is 73.3 cm³/mol. The first-order valence-corrected chi connectivity index (χ1v) is 6.13. The van der Waals surface area contributed by atoms with Crippen molar-refractivity contribution < 1.29 is 14.6 Å². The number of aryl methyl sites for hydroxylation is 1. The van der Waals surface area contributed by atoms with E-state index in [-0.39, 0.29) is 6.42 Å². The van der Waals surface area contributed by atoms with E-state index in [1.54, 1.807) is 12.1 Å². The fourth-order valence-corrected chi connectivity index (χ4v) is 1.85. The molecule has 0 saturated heterocycles. The first-order valence-electron chi connectivity index (χ1n) is 6.13. The molecule has 2 aromatic carbocycles. The van der Waals surface area contributed by atoms with Crippen molar-refractivity contribution in [3.05, 3.63) is 65.2 Å². The molecule has 0 saturated carbocycles. The normalized spacial score (nSPS) is 10.2. The van der Waals surface area contributed by atoms with Gasteiger partial charge in [-0.15, -0.1) is 0 Å². The Hall–Kier alpha value is -2.29. The lowest BCUT2D eigenvalue weighted by molar-refractivity contribution is -0.136. The third-order valence-electron chi connectivity index (χ3n) is 2.91. The molecule has 98 valence electrons. The molecule has 0 unspecified atom stereocenters. The van der Waals surface area contributed by atoms with Crippen LogP contribution in [0.25, 0.3) is 0 Å². The number of hydrogen-bond acceptors (Lipinski definition) is 2. The third kappa shape index (κ3) is 3.85.